The average molecular weight is 284 g/mol. The Balaban J connectivity index is 2.64. The number of carbonyl (C=O) groups is 1. The van der Waals surface area contributed by atoms with Crippen LogP contribution in [0.15, 0.2) is 16.7 Å². The molecule has 1 heterocycles. The third kappa shape index (κ3) is 3.44. The summed E-state index contributed by atoms with van der Waals surface area (Å²) in [6, 6.07) is 0. The molecule has 4 N–H and O–H groups in total. The number of amides is 1. The van der Waals surface area contributed by atoms with E-state index in [-0.39, 0.29) is 17.7 Å². The first-order chi connectivity index (χ1) is 8.95. The van der Waals surface area contributed by atoms with Crippen LogP contribution in [0.1, 0.15) is 38.1 Å². The van der Waals surface area contributed by atoms with Crippen molar-refractivity contribution < 1.29 is 10.0 Å². The molecule has 0 aliphatic carbocycles. The van der Waals surface area contributed by atoms with Crippen molar-refractivity contribution in [2.75, 3.05) is 6.54 Å². The number of rotatable bonds is 6. The van der Waals surface area contributed by atoms with E-state index >= 15 is 0 Å². The molecule has 106 valence electrons. The van der Waals surface area contributed by atoms with Crippen molar-refractivity contribution in [1.82, 2.24) is 10.3 Å². The van der Waals surface area contributed by atoms with Gasteiger partial charge in [-0.15, -0.1) is 11.3 Å². The van der Waals surface area contributed by atoms with Crippen molar-refractivity contribution in [1.29, 1.82) is 0 Å². The van der Waals surface area contributed by atoms with Crippen LogP contribution < -0.4 is 11.1 Å². The van der Waals surface area contributed by atoms with Crippen LogP contribution in [0.3, 0.4) is 0 Å². The van der Waals surface area contributed by atoms with Gasteiger partial charge in [-0.3, -0.25) is 4.79 Å². The van der Waals surface area contributed by atoms with Gasteiger partial charge in [0, 0.05) is 24.0 Å². The number of oxime groups is 1. The van der Waals surface area contributed by atoms with Gasteiger partial charge in [0.15, 0.2) is 5.84 Å². The SMILES string of the molecule is CCC(C)(C(=O)NCC(C)c1nccs1)/C(N)=N/O. The molecule has 1 aromatic heterocycles. The Kier molecular flexibility index (Phi) is 5.29. The molecule has 0 saturated heterocycles. The van der Waals surface area contributed by atoms with Crippen LogP contribution in [0.4, 0.5) is 0 Å². The molecule has 2 unspecified atom stereocenters. The number of nitrogens with one attached hydrogen (secondary N) is 1. The topological polar surface area (TPSA) is 101 Å². The second-order valence-corrected chi connectivity index (χ2v) is 5.58. The first kappa shape index (κ1) is 15.4. The van der Waals surface area contributed by atoms with Gasteiger partial charge in [-0.1, -0.05) is 19.0 Å². The molecule has 0 spiro atoms. The van der Waals surface area contributed by atoms with Crippen molar-refractivity contribution in [3.8, 4) is 0 Å². The highest BCUT2D eigenvalue weighted by Gasteiger charge is 2.36. The zero-order chi connectivity index (χ0) is 14.5. The predicted octanol–water partition coefficient (Wildman–Crippen LogP) is 1.53. The number of nitrogens with zero attached hydrogens (tertiary/aromatic N) is 2. The van der Waals surface area contributed by atoms with Crippen LogP contribution in [-0.2, 0) is 4.79 Å². The van der Waals surface area contributed by atoms with Crippen molar-refractivity contribution in [2.45, 2.75) is 33.1 Å². The van der Waals surface area contributed by atoms with Crippen LogP contribution in [0.5, 0.6) is 0 Å². The minimum absolute atomic E-state index is 0.0746. The highest BCUT2D eigenvalue weighted by molar-refractivity contribution is 7.09. The summed E-state index contributed by atoms with van der Waals surface area (Å²) in [6.45, 7) is 5.94. The molecular formula is C12H20N4O2S. The number of nitrogens with two attached hydrogens (primary N) is 1. The average Bonchev–Trinajstić information content (AvgIpc) is 2.96. The normalized spacial score (nSPS) is 16.7. The molecule has 0 aliphatic heterocycles. The first-order valence-electron chi connectivity index (χ1n) is 6.11. The van der Waals surface area contributed by atoms with Crippen LogP contribution in [0, 0.1) is 5.41 Å². The Morgan fingerprint density at radius 3 is 2.89 bits per heavy atom. The monoisotopic (exact) mass is 284 g/mol. The van der Waals surface area contributed by atoms with E-state index in [1.807, 2.05) is 19.2 Å². The number of amidine groups is 1. The molecule has 19 heavy (non-hydrogen) atoms. The molecule has 0 aliphatic rings. The van der Waals surface area contributed by atoms with E-state index in [0.717, 1.165) is 5.01 Å². The largest absolute Gasteiger partial charge is 0.409 e. The van der Waals surface area contributed by atoms with Crippen molar-refractivity contribution in [3.63, 3.8) is 0 Å². The van der Waals surface area contributed by atoms with Gasteiger partial charge in [0.25, 0.3) is 0 Å². The van der Waals surface area contributed by atoms with Gasteiger partial charge in [0.1, 0.15) is 5.41 Å². The van der Waals surface area contributed by atoms with E-state index in [1.165, 1.54) is 0 Å². The van der Waals surface area contributed by atoms with Crippen LogP contribution in [0.2, 0.25) is 0 Å². The summed E-state index contributed by atoms with van der Waals surface area (Å²) in [5.74, 6) is -0.180. The summed E-state index contributed by atoms with van der Waals surface area (Å²) in [5.41, 5.74) is 4.60. The summed E-state index contributed by atoms with van der Waals surface area (Å²) in [6.07, 6.45) is 2.20. The summed E-state index contributed by atoms with van der Waals surface area (Å²) in [7, 11) is 0. The maximum atomic E-state index is 12.2. The fraction of sp³-hybridized carbons (Fsp3) is 0.583. The maximum absolute atomic E-state index is 12.2. The Hall–Kier alpha value is -1.63. The molecule has 0 aromatic carbocycles. The lowest BCUT2D eigenvalue weighted by Crippen LogP contribution is -2.48. The lowest BCUT2D eigenvalue weighted by molar-refractivity contribution is -0.127. The van der Waals surface area contributed by atoms with Crippen LogP contribution >= 0.6 is 11.3 Å². The van der Waals surface area contributed by atoms with Crippen molar-refractivity contribution in [3.05, 3.63) is 16.6 Å². The molecule has 0 fully saturated rings. The van der Waals surface area contributed by atoms with E-state index in [0.29, 0.717) is 13.0 Å². The Morgan fingerprint density at radius 1 is 1.74 bits per heavy atom. The third-order valence-electron chi connectivity index (χ3n) is 3.32. The lowest BCUT2D eigenvalue weighted by atomic mass is 9.85. The number of hydrogen-bond acceptors (Lipinski definition) is 5. The van der Waals surface area contributed by atoms with E-state index < -0.39 is 5.41 Å². The summed E-state index contributed by atoms with van der Waals surface area (Å²) >= 11 is 1.56. The van der Waals surface area contributed by atoms with Gasteiger partial charge in [0.2, 0.25) is 5.91 Å². The van der Waals surface area contributed by atoms with Crippen LogP contribution in [-0.4, -0.2) is 28.5 Å². The second kappa shape index (κ2) is 6.51. The van der Waals surface area contributed by atoms with E-state index in [1.54, 1.807) is 24.5 Å². The standard InChI is InChI=1S/C12H20N4O2S/c1-4-12(3,10(13)16-18)11(17)15-7-8(2)9-14-5-6-19-9/h5-6,8,18H,4,7H2,1-3H3,(H2,13,16)(H,15,17). The van der Waals surface area contributed by atoms with E-state index in [4.69, 9.17) is 10.9 Å². The van der Waals surface area contributed by atoms with E-state index in [9.17, 15) is 4.79 Å². The molecule has 0 saturated carbocycles. The quantitative estimate of drug-likeness (QED) is 0.319. The number of carbonyl (C=O) groups excluding carboxylic acids is 1. The number of thiazole rings is 1. The maximum Gasteiger partial charge on any atom is 0.233 e. The van der Waals surface area contributed by atoms with Crippen molar-refractivity contribution >= 4 is 23.1 Å². The van der Waals surface area contributed by atoms with Crippen molar-refractivity contribution in [2.24, 2.45) is 16.3 Å². The second-order valence-electron chi connectivity index (χ2n) is 4.65. The van der Waals surface area contributed by atoms with Gasteiger partial charge in [-0.05, 0) is 13.3 Å². The molecule has 0 radical (unpaired) electrons. The summed E-state index contributed by atoms with van der Waals surface area (Å²) in [5, 5.41) is 17.4. The third-order valence-corrected chi connectivity index (χ3v) is 4.33. The smallest absolute Gasteiger partial charge is 0.233 e. The molecule has 6 nitrogen and oxygen atoms in total. The number of hydrogen-bond donors (Lipinski definition) is 3. The van der Waals surface area contributed by atoms with Crippen LogP contribution in [0.25, 0.3) is 0 Å². The van der Waals surface area contributed by atoms with Gasteiger partial charge < -0.3 is 16.3 Å². The Bertz CT molecular complexity index is 447. The first-order valence-corrected chi connectivity index (χ1v) is 6.99. The zero-order valence-electron chi connectivity index (χ0n) is 11.4. The molecule has 1 aromatic rings. The van der Waals surface area contributed by atoms with E-state index in [2.05, 4.69) is 15.5 Å². The summed E-state index contributed by atoms with van der Waals surface area (Å²) < 4.78 is 0. The predicted molar refractivity (Wildman–Crippen MR) is 75.3 cm³/mol. The number of aromatic nitrogens is 1. The fourth-order valence-electron chi connectivity index (χ4n) is 1.57. The van der Waals surface area contributed by atoms with Gasteiger partial charge >= 0.3 is 0 Å². The highest BCUT2D eigenvalue weighted by Crippen LogP contribution is 2.22. The molecule has 0 bridgehead atoms. The molecule has 2 atom stereocenters. The molecule has 7 heteroatoms. The highest BCUT2D eigenvalue weighted by atomic mass is 32.1. The van der Waals surface area contributed by atoms with Gasteiger partial charge in [-0.25, -0.2) is 4.98 Å². The molecule has 1 amide bonds. The summed E-state index contributed by atoms with van der Waals surface area (Å²) in [4.78, 5) is 16.4. The molecular weight excluding hydrogens is 264 g/mol. The fourth-order valence-corrected chi connectivity index (χ4v) is 2.27. The Morgan fingerprint density at radius 2 is 2.42 bits per heavy atom. The minimum atomic E-state index is -0.989. The lowest BCUT2D eigenvalue weighted by Gasteiger charge is -2.25. The molecule has 1 rings (SSSR count). The zero-order valence-corrected chi connectivity index (χ0v) is 12.2. The van der Waals surface area contributed by atoms with Gasteiger partial charge in [-0.2, -0.15) is 0 Å². The Labute approximate surface area is 116 Å². The van der Waals surface area contributed by atoms with Gasteiger partial charge in [0.05, 0.1) is 5.01 Å². The minimum Gasteiger partial charge on any atom is -0.409 e.